The van der Waals surface area contributed by atoms with Crippen molar-refractivity contribution in [1.29, 1.82) is 0 Å². The first kappa shape index (κ1) is 13.7. The Hall–Kier alpha value is -0.277. The average Bonchev–Trinajstić information content (AvgIpc) is 2.20. The van der Waals surface area contributed by atoms with Gasteiger partial charge in [-0.25, -0.2) is 0 Å². The maximum atomic E-state index is 12.7. The minimum absolute atomic E-state index is 0.0812. The summed E-state index contributed by atoms with van der Waals surface area (Å²) in [6.07, 6.45) is 1.41. The molecule has 0 fully saturated rings. The van der Waals surface area contributed by atoms with Crippen LogP contribution in [-0.4, -0.2) is 6.61 Å². The molecular formula is C9H7BrF2OZn. The molecule has 1 aromatic rings. The maximum absolute atomic E-state index is 12.7. The topological polar surface area (TPSA) is 9.23 Å². The fraction of sp³-hybridized carbons (Fsp3) is 0.111. The molecular weight excluding hydrogens is 307 g/mol. The van der Waals surface area contributed by atoms with Gasteiger partial charge in [0.15, 0.2) is 0 Å². The monoisotopic (exact) mass is 312 g/mol. The van der Waals surface area contributed by atoms with Crippen LogP contribution in [0.1, 0.15) is 0 Å². The van der Waals surface area contributed by atoms with Gasteiger partial charge < -0.3 is 4.74 Å². The summed E-state index contributed by atoms with van der Waals surface area (Å²) in [5.41, 5.74) is 0. The van der Waals surface area contributed by atoms with Crippen LogP contribution in [0.15, 0.2) is 24.8 Å². The van der Waals surface area contributed by atoms with Gasteiger partial charge in [-0.3, -0.25) is 8.78 Å². The van der Waals surface area contributed by atoms with Crippen LogP contribution in [0.25, 0.3) is 0 Å². The van der Waals surface area contributed by atoms with Gasteiger partial charge >= 0.3 is 30.0 Å². The zero-order valence-electron chi connectivity index (χ0n) is 7.40. The van der Waals surface area contributed by atoms with E-state index in [-0.39, 0.29) is 12.4 Å². The molecule has 0 spiro atoms. The molecule has 14 heavy (non-hydrogen) atoms. The van der Waals surface area contributed by atoms with Gasteiger partial charge in [-0.2, -0.15) is 6.07 Å². The molecule has 72 valence electrons. The summed E-state index contributed by atoms with van der Waals surface area (Å²) in [5, 5.41) is 0. The number of hydrogen-bond acceptors (Lipinski definition) is 1. The second-order valence-corrected chi connectivity index (χ2v) is 2.08. The quantitative estimate of drug-likeness (QED) is 0.473. The van der Waals surface area contributed by atoms with E-state index in [0.29, 0.717) is 0 Å². The molecule has 0 N–H and O–H groups in total. The molecule has 0 radical (unpaired) electrons. The summed E-state index contributed by atoms with van der Waals surface area (Å²) >= 11 is 4.25. The fourth-order valence-electron chi connectivity index (χ4n) is 0.713. The molecule has 1 rings (SSSR count). The van der Waals surface area contributed by atoms with Crippen molar-refractivity contribution in [3.8, 4) is 5.75 Å². The summed E-state index contributed by atoms with van der Waals surface area (Å²) < 4.78 is 30.2. The molecule has 1 aromatic carbocycles. The normalized spacial score (nSPS) is 8.64. The summed E-state index contributed by atoms with van der Waals surface area (Å²) in [4.78, 5) is 0. The Morgan fingerprint density at radius 3 is 2.36 bits per heavy atom. The molecule has 0 bridgehead atoms. The Morgan fingerprint density at radius 1 is 1.43 bits per heavy atom. The van der Waals surface area contributed by atoms with Crippen LogP contribution < -0.4 is 4.74 Å². The molecule has 0 unspecified atom stereocenters. The second kappa shape index (κ2) is 8.07. The van der Waals surface area contributed by atoms with E-state index in [2.05, 4.69) is 26.3 Å². The second-order valence-electron chi connectivity index (χ2n) is 2.08. The van der Waals surface area contributed by atoms with Gasteiger partial charge in [0.25, 0.3) is 0 Å². The van der Waals surface area contributed by atoms with Gasteiger partial charge in [0.2, 0.25) is 0 Å². The molecule has 0 saturated carbocycles. The Kier molecular flexibility index (Phi) is 7.91. The van der Waals surface area contributed by atoms with E-state index in [1.165, 1.54) is 22.4 Å². The molecule has 0 saturated heterocycles. The van der Waals surface area contributed by atoms with E-state index in [9.17, 15) is 8.78 Å². The van der Waals surface area contributed by atoms with Crippen molar-refractivity contribution in [3.63, 3.8) is 0 Å². The van der Waals surface area contributed by atoms with Crippen LogP contribution in [0.5, 0.6) is 5.75 Å². The number of hydrogen-bond donors (Lipinski definition) is 0. The summed E-state index contributed by atoms with van der Waals surface area (Å²) in [5.74, 6) is -1.89. The predicted octanol–water partition coefficient (Wildman–Crippen LogP) is 3.17. The van der Waals surface area contributed by atoms with Gasteiger partial charge in [-0.05, 0) is 0 Å². The third-order valence-corrected chi connectivity index (χ3v) is 1.20. The molecule has 0 aliphatic carbocycles. The zero-order chi connectivity index (χ0) is 11.0. The minimum atomic E-state index is -0.753. The van der Waals surface area contributed by atoms with E-state index in [4.69, 9.17) is 4.74 Å². The molecule has 0 heterocycles. The van der Waals surface area contributed by atoms with E-state index in [1.54, 1.807) is 0 Å². The predicted molar refractivity (Wildman–Crippen MR) is 49.8 cm³/mol. The number of rotatable bonds is 3. The van der Waals surface area contributed by atoms with E-state index in [1.807, 2.05) is 0 Å². The van der Waals surface area contributed by atoms with Crippen molar-refractivity contribution in [1.82, 2.24) is 0 Å². The first-order valence-corrected chi connectivity index (χ1v) is 10.6. The molecule has 0 aliphatic heterocycles. The van der Waals surface area contributed by atoms with Gasteiger partial charge in [-0.1, -0.05) is 12.7 Å². The van der Waals surface area contributed by atoms with Crippen LogP contribution in [-0.2, 0) is 16.3 Å². The van der Waals surface area contributed by atoms with Crippen LogP contribution in [0, 0.1) is 17.7 Å². The van der Waals surface area contributed by atoms with Crippen molar-refractivity contribution < 1.29 is 29.9 Å². The fourth-order valence-corrected chi connectivity index (χ4v) is 0.713. The Balaban J connectivity index is 0.000000791. The molecule has 5 heteroatoms. The first-order chi connectivity index (χ1) is 6.75. The van der Waals surface area contributed by atoms with Crippen LogP contribution in [0.3, 0.4) is 0 Å². The van der Waals surface area contributed by atoms with Crippen molar-refractivity contribution in [2.75, 3.05) is 6.61 Å². The van der Waals surface area contributed by atoms with Crippen molar-refractivity contribution in [3.05, 3.63) is 42.5 Å². The molecule has 1 nitrogen and oxygen atoms in total. The van der Waals surface area contributed by atoms with Crippen LogP contribution >= 0.6 is 13.6 Å². The van der Waals surface area contributed by atoms with E-state index < -0.39 is 11.6 Å². The van der Waals surface area contributed by atoms with Crippen molar-refractivity contribution in [2.24, 2.45) is 0 Å². The van der Waals surface area contributed by atoms with Crippen LogP contribution in [0.2, 0.25) is 0 Å². The number of ether oxygens (including phenoxy) is 1. The summed E-state index contributed by atoms with van der Waals surface area (Å²) in [6.45, 7) is 3.44. The van der Waals surface area contributed by atoms with Gasteiger partial charge in [-0.15, -0.1) is 12.1 Å². The van der Waals surface area contributed by atoms with Gasteiger partial charge in [0.1, 0.15) is 6.61 Å². The SMILES string of the molecule is C=CCOc1c(F)c[c-]cc1F.[Zn+][Br]. The van der Waals surface area contributed by atoms with E-state index in [0.717, 1.165) is 12.1 Å². The van der Waals surface area contributed by atoms with E-state index >= 15 is 0 Å². The molecule has 0 amide bonds. The van der Waals surface area contributed by atoms with Gasteiger partial charge in [0, 0.05) is 0 Å². The average molecular weight is 314 g/mol. The number of benzene rings is 1. The molecule has 0 aliphatic rings. The molecule has 0 aromatic heterocycles. The van der Waals surface area contributed by atoms with Crippen molar-refractivity contribution >= 4 is 13.6 Å². The third kappa shape index (κ3) is 4.29. The Labute approximate surface area is 98.2 Å². The Bertz CT molecular complexity index is 274. The first-order valence-electron chi connectivity index (χ1n) is 3.61. The summed E-state index contributed by atoms with van der Waals surface area (Å²) in [7, 11) is 0. The summed E-state index contributed by atoms with van der Waals surface area (Å²) in [6, 6.07) is 4.32. The molecule has 0 atom stereocenters. The Morgan fingerprint density at radius 2 is 1.93 bits per heavy atom. The van der Waals surface area contributed by atoms with Gasteiger partial charge in [0.05, 0.1) is 17.4 Å². The van der Waals surface area contributed by atoms with Crippen LogP contribution in [0.4, 0.5) is 8.78 Å². The van der Waals surface area contributed by atoms with Crippen molar-refractivity contribution in [2.45, 2.75) is 0 Å². The number of halogens is 3. The zero-order valence-corrected chi connectivity index (χ0v) is 11.9. The third-order valence-electron chi connectivity index (χ3n) is 1.20. The standard InChI is InChI=1S/C9H7F2O.BrH.Zn/c1-2-6-12-9-7(10)4-3-5-8(9)11;;/h2,4-5H,1,6H2;1H;/q-1;;+2/p-1.